The topological polar surface area (TPSA) is 130 Å². The zero-order valence-corrected chi connectivity index (χ0v) is 17.3. The number of hydrogen-bond acceptors (Lipinski definition) is 5. The molecule has 0 unspecified atom stereocenters. The molecule has 11 heteroatoms. The fraction of sp³-hybridized carbons (Fsp3) is 0.556. The number of nitrogens with two attached hydrogens (primary N) is 1. The van der Waals surface area contributed by atoms with Crippen molar-refractivity contribution in [2.45, 2.75) is 44.6 Å². The van der Waals surface area contributed by atoms with Crippen LogP contribution in [0.5, 0.6) is 0 Å². The van der Waals surface area contributed by atoms with Gasteiger partial charge in [0.2, 0.25) is 5.91 Å². The number of rotatable bonds is 7. The number of anilines is 1. The Balaban J connectivity index is 0.00000240. The van der Waals surface area contributed by atoms with Crippen molar-refractivity contribution in [1.29, 1.82) is 0 Å². The molecule has 0 radical (unpaired) electrons. The van der Waals surface area contributed by atoms with E-state index in [1.165, 1.54) is 6.07 Å². The maximum absolute atomic E-state index is 14.3. The fourth-order valence-electron chi connectivity index (χ4n) is 3.95. The smallest absolute Gasteiger partial charge is 0.268 e. The molecule has 2 fully saturated rings. The number of H-pyrrole nitrogens is 2. The van der Waals surface area contributed by atoms with Crippen molar-refractivity contribution in [3.63, 3.8) is 0 Å². The maximum atomic E-state index is 14.3. The van der Waals surface area contributed by atoms with Gasteiger partial charge >= 0.3 is 0 Å². The zero-order chi connectivity index (χ0) is 20.0. The lowest BCUT2D eigenvalue weighted by Crippen LogP contribution is -2.44. The zero-order valence-electron chi connectivity index (χ0n) is 15.7. The molecular weight excluding hydrogens is 422 g/mol. The first kappa shape index (κ1) is 21.7. The van der Waals surface area contributed by atoms with Gasteiger partial charge in [-0.2, -0.15) is 9.49 Å². The molecule has 2 aromatic heterocycles. The minimum Gasteiger partial charge on any atom is -0.320 e. The lowest BCUT2D eigenvalue weighted by molar-refractivity contribution is -0.118. The Morgan fingerprint density at radius 1 is 1.28 bits per heavy atom. The average molecular weight is 445 g/mol. The molecule has 8 nitrogen and oxygen atoms in total. The molecule has 5 N–H and O–H groups in total. The van der Waals surface area contributed by atoms with Gasteiger partial charge in [-0.25, -0.2) is 5.10 Å². The van der Waals surface area contributed by atoms with Crippen LogP contribution >= 0.6 is 24.0 Å². The van der Waals surface area contributed by atoms with E-state index in [2.05, 4.69) is 25.7 Å². The molecule has 2 saturated carbocycles. The van der Waals surface area contributed by atoms with Crippen LogP contribution in [0.4, 0.5) is 10.1 Å². The van der Waals surface area contributed by atoms with E-state index >= 15 is 0 Å². The predicted octanol–water partition coefficient (Wildman–Crippen LogP) is 2.56. The molecule has 0 aromatic carbocycles. The Hall–Kier alpha value is -1.97. The molecule has 0 bridgehead atoms. The van der Waals surface area contributed by atoms with Gasteiger partial charge in [-0.3, -0.25) is 14.7 Å². The lowest BCUT2D eigenvalue weighted by Gasteiger charge is -2.23. The summed E-state index contributed by atoms with van der Waals surface area (Å²) in [7, 11) is 0. The van der Waals surface area contributed by atoms with E-state index in [-0.39, 0.29) is 40.4 Å². The third-order valence-electron chi connectivity index (χ3n) is 5.75. The summed E-state index contributed by atoms with van der Waals surface area (Å²) in [6, 6.07) is 0.702. The summed E-state index contributed by atoms with van der Waals surface area (Å²) in [6.45, 7) is 1.68. The number of hydrogen-bond donors (Lipinski definition) is 4. The normalized spacial score (nSPS) is 18.2. The molecule has 0 spiro atoms. The van der Waals surface area contributed by atoms with Gasteiger partial charge in [0.1, 0.15) is 10.8 Å². The second-order valence-corrected chi connectivity index (χ2v) is 8.15. The SMILES string of the molecule is C[C@H](c1[nH]nc(F)c1NC(=O)[C@@H](N)C(C1CC1)C1CC1)c1cc(Cl)n[nH]c1=O.Cl. The largest absolute Gasteiger partial charge is 0.320 e. The van der Waals surface area contributed by atoms with Crippen LogP contribution in [0.25, 0.3) is 0 Å². The number of aromatic amines is 2. The first-order chi connectivity index (χ1) is 13.4. The van der Waals surface area contributed by atoms with Gasteiger partial charge in [-0.05, 0) is 49.5 Å². The number of nitrogens with one attached hydrogen (secondary N) is 3. The molecule has 0 saturated heterocycles. The number of nitrogens with zero attached hydrogens (tertiary/aromatic N) is 2. The van der Waals surface area contributed by atoms with Crippen LogP contribution in [0.3, 0.4) is 0 Å². The molecule has 4 rings (SSSR count). The van der Waals surface area contributed by atoms with E-state index in [9.17, 15) is 14.0 Å². The third kappa shape index (κ3) is 4.46. The quantitative estimate of drug-likeness (QED) is 0.521. The Morgan fingerprint density at radius 2 is 1.90 bits per heavy atom. The molecule has 29 heavy (non-hydrogen) atoms. The minimum atomic E-state index is -0.853. The van der Waals surface area contributed by atoms with Crippen LogP contribution in [0, 0.1) is 23.7 Å². The molecule has 2 aliphatic carbocycles. The highest BCUT2D eigenvalue weighted by Gasteiger charge is 2.46. The Labute approximate surface area is 177 Å². The van der Waals surface area contributed by atoms with Crippen LogP contribution in [-0.4, -0.2) is 32.3 Å². The van der Waals surface area contributed by atoms with E-state index in [1.807, 2.05) is 0 Å². The number of carbonyl (C=O) groups is 1. The molecular formula is C18H23Cl2FN6O2. The van der Waals surface area contributed by atoms with E-state index in [4.69, 9.17) is 17.3 Å². The highest BCUT2D eigenvalue weighted by molar-refractivity contribution is 6.29. The summed E-state index contributed by atoms with van der Waals surface area (Å²) in [5, 5.41) is 14.7. The Kier molecular flexibility index (Phi) is 6.30. The second-order valence-electron chi connectivity index (χ2n) is 7.77. The van der Waals surface area contributed by atoms with Crippen molar-refractivity contribution in [3.8, 4) is 0 Å². The van der Waals surface area contributed by atoms with Gasteiger partial charge in [0.05, 0.1) is 11.7 Å². The minimum absolute atomic E-state index is 0. The lowest BCUT2D eigenvalue weighted by atomic mass is 9.89. The first-order valence-corrected chi connectivity index (χ1v) is 9.80. The molecule has 0 aliphatic heterocycles. The van der Waals surface area contributed by atoms with Crippen LogP contribution in [0.2, 0.25) is 5.15 Å². The summed E-state index contributed by atoms with van der Waals surface area (Å²) in [4.78, 5) is 24.8. The van der Waals surface area contributed by atoms with E-state index in [0.29, 0.717) is 11.8 Å². The summed E-state index contributed by atoms with van der Waals surface area (Å²) >= 11 is 5.86. The fourth-order valence-corrected chi connectivity index (χ4v) is 4.11. The van der Waals surface area contributed by atoms with E-state index in [0.717, 1.165) is 25.7 Å². The van der Waals surface area contributed by atoms with Gasteiger partial charge in [0.15, 0.2) is 0 Å². The predicted molar refractivity (Wildman–Crippen MR) is 109 cm³/mol. The molecule has 1 amide bonds. The molecule has 2 heterocycles. The standard InChI is InChI=1S/C18H22ClFN6O2.ClH/c1-7(10-6-11(19)23-26-17(10)27)14-15(16(20)25-24-14)22-18(28)13(21)12(8-2-3-8)9-4-5-9;/h6-9,12-13H,2-5,21H2,1H3,(H,22,28)(H,24,25)(H,26,27);1H/t7-,13-;/m0./s1. The highest BCUT2D eigenvalue weighted by atomic mass is 35.5. The molecule has 158 valence electrons. The number of halogens is 3. The molecule has 2 aromatic rings. The molecule has 2 aliphatic rings. The van der Waals surface area contributed by atoms with Gasteiger partial charge < -0.3 is 11.1 Å². The summed E-state index contributed by atoms with van der Waals surface area (Å²) in [5.74, 6) is -0.780. The Bertz CT molecular complexity index is 944. The monoisotopic (exact) mass is 444 g/mol. The van der Waals surface area contributed by atoms with Crippen molar-refractivity contribution in [1.82, 2.24) is 20.4 Å². The van der Waals surface area contributed by atoms with E-state index < -0.39 is 29.4 Å². The highest BCUT2D eigenvalue weighted by Crippen LogP contribution is 2.50. The number of amides is 1. The first-order valence-electron chi connectivity index (χ1n) is 9.42. The number of carbonyl (C=O) groups excluding carboxylic acids is 1. The van der Waals surface area contributed by atoms with E-state index in [1.54, 1.807) is 6.92 Å². The van der Waals surface area contributed by atoms with Crippen molar-refractivity contribution in [3.05, 3.63) is 38.8 Å². The van der Waals surface area contributed by atoms with Crippen LogP contribution < -0.4 is 16.6 Å². The summed E-state index contributed by atoms with van der Waals surface area (Å²) in [5.41, 5.74) is 6.24. The van der Waals surface area contributed by atoms with Crippen molar-refractivity contribution < 1.29 is 9.18 Å². The van der Waals surface area contributed by atoms with Crippen LogP contribution in [0.15, 0.2) is 10.9 Å². The van der Waals surface area contributed by atoms with Crippen LogP contribution in [-0.2, 0) is 4.79 Å². The summed E-state index contributed by atoms with van der Waals surface area (Å²) in [6.07, 6.45) is 4.37. The van der Waals surface area contributed by atoms with Gasteiger partial charge in [-0.15, -0.1) is 17.5 Å². The second kappa shape index (κ2) is 8.41. The van der Waals surface area contributed by atoms with Crippen molar-refractivity contribution >= 4 is 35.6 Å². The van der Waals surface area contributed by atoms with Crippen molar-refractivity contribution in [2.24, 2.45) is 23.5 Å². The Morgan fingerprint density at radius 3 is 2.48 bits per heavy atom. The average Bonchev–Trinajstić information content (AvgIpc) is 3.59. The van der Waals surface area contributed by atoms with Gasteiger partial charge in [0.25, 0.3) is 11.5 Å². The third-order valence-corrected chi connectivity index (χ3v) is 5.94. The maximum Gasteiger partial charge on any atom is 0.268 e. The van der Waals surface area contributed by atoms with Crippen LogP contribution in [0.1, 0.15) is 49.8 Å². The molecule has 2 atom stereocenters. The van der Waals surface area contributed by atoms with Crippen molar-refractivity contribution in [2.75, 3.05) is 5.32 Å². The van der Waals surface area contributed by atoms with Gasteiger partial charge in [0, 0.05) is 11.5 Å². The number of aromatic nitrogens is 4. The van der Waals surface area contributed by atoms with Gasteiger partial charge in [-0.1, -0.05) is 18.5 Å². The summed E-state index contributed by atoms with van der Waals surface area (Å²) < 4.78 is 14.3.